The second kappa shape index (κ2) is 10.1. The van der Waals surface area contributed by atoms with E-state index in [2.05, 4.69) is 10.3 Å². The van der Waals surface area contributed by atoms with Crippen LogP contribution < -0.4 is 10.2 Å². The zero-order chi connectivity index (χ0) is 25.3. The molecule has 1 aromatic carbocycles. The maximum absolute atomic E-state index is 13.5. The van der Waals surface area contributed by atoms with E-state index in [4.69, 9.17) is 14.1 Å². The number of carbonyl (C=O) groups is 1. The van der Waals surface area contributed by atoms with Gasteiger partial charge in [-0.3, -0.25) is 9.78 Å². The van der Waals surface area contributed by atoms with Crippen LogP contribution in [-0.2, 0) is 10.9 Å². The highest BCUT2D eigenvalue weighted by Gasteiger charge is 2.36. The molecular weight excluding hydrogens is 477 g/mol. The molecule has 0 spiro atoms. The Morgan fingerprint density at radius 2 is 1.92 bits per heavy atom. The van der Waals surface area contributed by atoms with Gasteiger partial charge in [0, 0.05) is 37.9 Å². The number of nitrogens with one attached hydrogen (secondary N) is 1. The van der Waals surface area contributed by atoms with Crippen LogP contribution in [0.2, 0.25) is 0 Å². The third-order valence-electron chi connectivity index (χ3n) is 6.90. The lowest BCUT2D eigenvalue weighted by atomic mass is 9.82. The second-order valence-electron chi connectivity index (χ2n) is 9.24. The Bertz CT molecular complexity index is 1230. The molecule has 2 aromatic heterocycles. The second-order valence-corrected chi connectivity index (χ2v) is 9.24. The highest BCUT2D eigenvalue weighted by atomic mass is 19.4. The van der Waals surface area contributed by atoms with Gasteiger partial charge in [-0.15, -0.1) is 0 Å². The molecule has 2 N–H and O–H groups in total. The Labute approximate surface area is 205 Å². The predicted molar refractivity (Wildman–Crippen MR) is 126 cm³/mol. The Hall–Kier alpha value is -3.18. The van der Waals surface area contributed by atoms with Gasteiger partial charge >= 0.3 is 6.18 Å². The maximum Gasteiger partial charge on any atom is 0.418 e. The molecule has 0 bridgehead atoms. The number of anilines is 2. The quantitative estimate of drug-likeness (QED) is 0.524. The first-order valence-corrected chi connectivity index (χ1v) is 12.0. The molecule has 2 fully saturated rings. The molecule has 5 rings (SSSR count). The number of rotatable bonds is 5. The van der Waals surface area contributed by atoms with E-state index < -0.39 is 23.3 Å². The van der Waals surface area contributed by atoms with Crippen molar-refractivity contribution in [3.63, 3.8) is 0 Å². The fraction of sp³-hybridized carbons (Fsp3) is 0.480. The fourth-order valence-corrected chi connectivity index (χ4v) is 4.91. The van der Waals surface area contributed by atoms with Crippen LogP contribution >= 0.6 is 0 Å². The molecule has 0 radical (unpaired) electrons. The van der Waals surface area contributed by atoms with E-state index in [0.29, 0.717) is 60.6 Å². The minimum Gasteiger partial charge on any atom is -0.440 e. The number of oxazole rings is 1. The summed E-state index contributed by atoms with van der Waals surface area (Å²) in [5.74, 6) is 0.0715. The minimum atomic E-state index is -4.72. The number of benzene rings is 1. The summed E-state index contributed by atoms with van der Waals surface area (Å²) in [6, 6.07) is 5.40. The van der Waals surface area contributed by atoms with Crippen LogP contribution in [0, 0.1) is 5.92 Å². The predicted octanol–water partition coefficient (Wildman–Crippen LogP) is 4.60. The van der Waals surface area contributed by atoms with Crippen LogP contribution in [-0.4, -0.2) is 53.9 Å². The average molecular weight is 505 g/mol. The van der Waals surface area contributed by atoms with E-state index in [0.717, 1.165) is 44.0 Å². The Morgan fingerprint density at radius 1 is 1.17 bits per heavy atom. The summed E-state index contributed by atoms with van der Waals surface area (Å²) in [4.78, 5) is 23.4. The molecule has 0 atom stereocenters. The Morgan fingerprint density at radius 3 is 2.61 bits per heavy atom. The van der Waals surface area contributed by atoms with Crippen LogP contribution in [0.3, 0.4) is 0 Å². The summed E-state index contributed by atoms with van der Waals surface area (Å²) in [6.07, 6.45) is -0.0509. The van der Waals surface area contributed by atoms with E-state index >= 15 is 0 Å². The molecular formula is C25H27F3N4O4. The highest BCUT2D eigenvalue weighted by Crippen LogP contribution is 2.39. The van der Waals surface area contributed by atoms with Crippen molar-refractivity contribution in [1.29, 1.82) is 0 Å². The van der Waals surface area contributed by atoms with Crippen molar-refractivity contribution in [1.82, 2.24) is 9.97 Å². The smallest absolute Gasteiger partial charge is 0.418 e. The van der Waals surface area contributed by atoms with Gasteiger partial charge in [-0.2, -0.15) is 13.2 Å². The molecule has 1 aliphatic heterocycles. The van der Waals surface area contributed by atoms with E-state index in [-0.39, 0.29) is 12.5 Å². The first-order chi connectivity index (χ1) is 17.3. The summed E-state index contributed by atoms with van der Waals surface area (Å²) in [5, 5.41) is 12.0. The number of morpholine rings is 1. The van der Waals surface area contributed by atoms with Gasteiger partial charge in [-0.25, -0.2) is 4.98 Å². The topological polar surface area (TPSA) is 101 Å². The number of aromatic nitrogens is 2. The van der Waals surface area contributed by atoms with Gasteiger partial charge in [-0.05, 0) is 49.8 Å². The Kier molecular flexibility index (Phi) is 6.85. The maximum atomic E-state index is 13.5. The van der Waals surface area contributed by atoms with E-state index in [1.165, 1.54) is 0 Å². The number of halogens is 3. The number of pyridine rings is 1. The molecule has 3 aromatic rings. The molecule has 36 heavy (non-hydrogen) atoms. The largest absolute Gasteiger partial charge is 0.440 e. The number of carbonyl (C=O) groups excluding carboxylic acids is 1. The summed E-state index contributed by atoms with van der Waals surface area (Å²) < 4.78 is 51.9. The van der Waals surface area contributed by atoms with E-state index in [1.807, 2.05) is 4.90 Å². The number of aliphatic hydroxyl groups is 1. The molecule has 1 aliphatic carbocycles. The molecule has 0 unspecified atom stereocenters. The summed E-state index contributed by atoms with van der Waals surface area (Å²) >= 11 is 0. The van der Waals surface area contributed by atoms with Crippen molar-refractivity contribution in [3.8, 4) is 0 Å². The lowest BCUT2D eigenvalue weighted by Crippen LogP contribution is -2.36. The zero-order valence-corrected chi connectivity index (χ0v) is 19.6. The van der Waals surface area contributed by atoms with Gasteiger partial charge in [0.15, 0.2) is 11.5 Å². The van der Waals surface area contributed by atoms with Crippen LogP contribution in [0.5, 0.6) is 0 Å². The lowest BCUT2D eigenvalue weighted by Gasteiger charge is -2.30. The van der Waals surface area contributed by atoms with Crippen LogP contribution in [0.15, 0.2) is 34.9 Å². The number of hydrogen-bond donors (Lipinski definition) is 2. The molecule has 192 valence electrons. The van der Waals surface area contributed by atoms with Gasteiger partial charge < -0.3 is 24.5 Å². The molecule has 2 aliphatic rings. The fourth-order valence-electron chi connectivity index (χ4n) is 4.91. The number of alkyl halides is 3. The number of nitrogens with zero attached hydrogens (tertiary/aromatic N) is 3. The van der Waals surface area contributed by atoms with Crippen LogP contribution in [0.4, 0.5) is 24.5 Å². The van der Waals surface area contributed by atoms with E-state index in [9.17, 15) is 23.1 Å². The standard InChI is InChI=1S/C25H27F3N4O4/c26-25(27,28)17-2-1-7-29-22(17)23(34)30-18-13-21-19(12-20(18)32-8-10-35-11-9-32)31-24(36-21)16-5-3-15(14-33)4-6-16/h1-2,7,12-13,15-16,33H,3-6,8-11,14H2,(H,30,34). The van der Waals surface area contributed by atoms with Crippen molar-refractivity contribution in [2.45, 2.75) is 37.8 Å². The first-order valence-electron chi connectivity index (χ1n) is 12.0. The van der Waals surface area contributed by atoms with Crippen molar-refractivity contribution < 1.29 is 32.2 Å². The average Bonchev–Trinajstić information content (AvgIpc) is 3.31. The Balaban J connectivity index is 1.49. The number of ether oxygens (including phenoxy) is 1. The number of aliphatic hydroxyl groups excluding tert-OH is 1. The van der Waals surface area contributed by atoms with Crippen molar-refractivity contribution in [3.05, 3.63) is 47.6 Å². The molecule has 3 heterocycles. The SMILES string of the molecule is O=C(Nc1cc2oc(C3CCC(CO)CC3)nc2cc1N1CCOCC1)c1ncccc1C(F)(F)F. The normalized spacial score (nSPS) is 21.1. The van der Waals surface area contributed by atoms with Gasteiger partial charge in [-0.1, -0.05) is 0 Å². The molecule has 1 saturated heterocycles. The third-order valence-corrected chi connectivity index (χ3v) is 6.90. The van der Waals surface area contributed by atoms with Crippen LogP contribution in [0.1, 0.15) is 53.5 Å². The van der Waals surface area contributed by atoms with Gasteiger partial charge in [0.2, 0.25) is 0 Å². The van der Waals surface area contributed by atoms with Crippen molar-refractivity contribution in [2.75, 3.05) is 43.1 Å². The van der Waals surface area contributed by atoms with Gasteiger partial charge in [0.25, 0.3) is 5.91 Å². The van der Waals surface area contributed by atoms with Crippen molar-refractivity contribution in [2.24, 2.45) is 5.92 Å². The minimum absolute atomic E-state index is 0.132. The summed E-state index contributed by atoms with van der Waals surface area (Å²) in [5.41, 5.74) is 0.211. The van der Waals surface area contributed by atoms with E-state index in [1.54, 1.807) is 12.1 Å². The monoisotopic (exact) mass is 504 g/mol. The summed E-state index contributed by atoms with van der Waals surface area (Å²) in [6.45, 7) is 2.27. The highest BCUT2D eigenvalue weighted by molar-refractivity contribution is 6.07. The first kappa shape index (κ1) is 24.5. The molecule has 1 amide bonds. The van der Waals surface area contributed by atoms with Crippen molar-refractivity contribution >= 4 is 28.4 Å². The third kappa shape index (κ3) is 5.03. The number of fused-ring (bicyclic) bond motifs is 1. The van der Waals surface area contributed by atoms with Gasteiger partial charge in [0.05, 0.1) is 30.2 Å². The number of hydrogen-bond acceptors (Lipinski definition) is 7. The summed E-state index contributed by atoms with van der Waals surface area (Å²) in [7, 11) is 0. The molecule has 11 heteroatoms. The lowest BCUT2D eigenvalue weighted by molar-refractivity contribution is -0.138. The van der Waals surface area contributed by atoms with Gasteiger partial charge in [0.1, 0.15) is 11.2 Å². The molecule has 8 nitrogen and oxygen atoms in total. The van der Waals surface area contributed by atoms with Crippen LogP contribution in [0.25, 0.3) is 11.1 Å². The number of amides is 1. The zero-order valence-electron chi connectivity index (χ0n) is 19.6. The molecule has 1 saturated carbocycles.